The van der Waals surface area contributed by atoms with Crippen LogP contribution in [0.1, 0.15) is 57.6 Å². The van der Waals surface area contributed by atoms with E-state index in [4.69, 9.17) is 9.47 Å². The molecule has 32 heavy (non-hydrogen) atoms. The van der Waals surface area contributed by atoms with Crippen molar-refractivity contribution in [2.75, 3.05) is 19.6 Å². The molecule has 1 spiro atoms. The van der Waals surface area contributed by atoms with Crippen LogP contribution in [0.2, 0.25) is 0 Å². The number of epoxide rings is 1. The highest BCUT2D eigenvalue weighted by Crippen LogP contribution is 2.70. The minimum absolute atomic E-state index is 0.00657. The second-order valence-electron chi connectivity index (χ2n) is 12.0. The molecule has 6 aliphatic rings. The molecule has 2 saturated carbocycles. The first-order valence-corrected chi connectivity index (χ1v) is 12.7. The highest BCUT2D eigenvalue weighted by molar-refractivity contribution is 5.76. The molecule has 3 saturated heterocycles. The first kappa shape index (κ1) is 19.8. The van der Waals surface area contributed by atoms with E-state index < -0.39 is 0 Å². The van der Waals surface area contributed by atoms with Crippen molar-refractivity contribution in [1.29, 1.82) is 0 Å². The number of fused-ring (bicyclic) bond motifs is 6. The van der Waals surface area contributed by atoms with Gasteiger partial charge >= 0.3 is 5.97 Å². The van der Waals surface area contributed by atoms with Crippen LogP contribution in [0, 0.1) is 29.1 Å². The molecule has 0 radical (unpaired) electrons. The molecular formula is C26H34N2O4. The summed E-state index contributed by atoms with van der Waals surface area (Å²) in [6.45, 7) is 8.19. The Hall–Kier alpha value is -1.66. The predicted molar refractivity (Wildman–Crippen MR) is 118 cm³/mol. The number of ether oxygens (including phenoxy) is 2. The van der Waals surface area contributed by atoms with Gasteiger partial charge in [-0.2, -0.15) is 0 Å². The van der Waals surface area contributed by atoms with E-state index in [1.807, 2.05) is 10.6 Å². The number of esters is 1. The monoisotopic (exact) mass is 438 g/mol. The molecule has 5 fully saturated rings. The number of carbonyl (C=O) groups excluding carboxylic acids is 1. The molecule has 6 heteroatoms. The summed E-state index contributed by atoms with van der Waals surface area (Å²) in [5.41, 5.74) is 1.40. The zero-order valence-electron chi connectivity index (χ0n) is 19.2. The van der Waals surface area contributed by atoms with Gasteiger partial charge in [0.15, 0.2) is 0 Å². The topological polar surface area (TPSA) is 64.1 Å². The summed E-state index contributed by atoms with van der Waals surface area (Å²) in [5.74, 6) is 1.53. The Bertz CT molecular complexity index is 1040. The maximum atomic E-state index is 13.1. The Labute approximate surface area is 189 Å². The lowest BCUT2D eigenvalue weighted by molar-refractivity contribution is -0.146. The Morgan fingerprint density at radius 1 is 1.19 bits per heavy atom. The largest absolute Gasteiger partial charge is 0.462 e. The molecular weight excluding hydrogens is 404 g/mol. The molecule has 172 valence electrons. The first-order chi connectivity index (χ1) is 15.4. The smallest absolute Gasteiger partial charge is 0.311 e. The predicted octanol–water partition coefficient (Wildman–Crippen LogP) is 2.79. The van der Waals surface area contributed by atoms with E-state index in [1.165, 1.54) is 25.0 Å². The molecule has 5 heterocycles. The van der Waals surface area contributed by atoms with Gasteiger partial charge in [-0.15, -0.1) is 0 Å². The van der Waals surface area contributed by atoms with E-state index >= 15 is 0 Å². The summed E-state index contributed by atoms with van der Waals surface area (Å²) in [6.07, 6.45) is 5.98. The second-order valence-corrected chi connectivity index (χ2v) is 12.0. The lowest BCUT2D eigenvalue weighted by Crippen LogP contribution is -2.55. The van der Waals surface area contributed by atoms with Crippen molar-refractivity contribution in [2.24, 2.45) is 29.1 Å². The Kier molecular flexibility index (Phi) is 4.00. The van der Waals surface area contributed by atoms with Gasteiger partial charge in [0.05, 0.1) is 12.0 Å². The van der Waals surface area contributed by atoms with Crippen LogP contribution in [-0.4, -0.2) is 52.9 Å². The summed E-state index contributed by atoms with van der Waals surface area (Å²) in [6, 6.07) is 5.67. The van der Waals surface area contributed by atoms with Gasteiger partial charge in [-0.25, -0.2) is 0 Å². The molecule has 6 nitrogen and oxygen atoms in total. The molecule has 4 aliphatic heterocycles. The van der Waals surface area contributed by atoms with Crippen LogP contribution < -0.4 is 5.56 Å². The fourth-order valence-corrected chi connectivity index (χ4v) is 8.87. The quantitative estimate of drug-likeness (QED) is 0.525. The van der Waals surface area contributed by atoms with Crippen molar-refractivity contribution in [1.82, 2.24) is 9.47 Å². The number of likely N-dealkylation sites (tertiary alicyclic amines) is 1. The van der Waals surface area contributed by atoms with Crippen LogP contribution in [0.25, 0.3) is 0 Å². The molecule has 1 aromatic rings. The van der Waals surface area contributed by atoms with Crippen molar-refractivity contribution in [2.45, 2.75) is 76.2 Å². The Morgan fingerprint density at radius 3 is 2.94 bits per heavy atom. The van der Waals surface area contributed by atoms with Crippen LogP contribution in [0.3, 0.4) is 0 Å². The van der Waals surface area contributed by atoms with Crippen LogP contribution in [0.15, 0.2) is 23.0 Å². The number of aromatic nitrogens is 1. The number of carbonyl (C=O) groups is 1. The summed E-state index contributed by atoms with van der Waals surface area (Å²) < 4.78 is 14.6. The number of nitrogens with zero attached hydrogens (tertiary/aromatic N) is 2. The molecule has 2 aliphatic carbocycles. The molecule has 2 bridgehead atoms. The van der Waals surface area contributed by atoms with Crippen molar-refractivity contribution < 1.29 is 14.3 Å². The Balaban J connectivity index is 1.14. The van der Waals surface area contributed by atoms with E-state index in [0.29, 0.717) is 17.8 Å². The van der Waals surface area contributed by atoms with Gasteiger partial charge in [0.1, 0.15) is 11.7 Å². The summed E-state index contributed by atoms with van der Waals surface area (Å²) in [7, 11) is 0. The van der Waals surface area contributed by atoms with Crippen LogP contribution in [0.4, 0.5) is 0 Å². The normalized spacial score (nSPS) is 48.8. The third-order valence-corrected chi connectivity index (χ3v) is 10.2. The van der Waals surface area contributed by atoms with Crippen molar-refractivity contribution >= 4 is 5.97 Å². The minimum atomic E-state index is -0.0835. The zero-order valence-corrected chi connectivity index (χ0v) is 19.2. The van der Waals surface area contributed by atoms with Crippen molar-refractivity contribution in [3.8, 4) is 0 Å². The van der Waals surface area contributed by atoms with Gasteiger partial charge in [0, 0.05) is 55.2 Å². The SMILES string of the molecule is C[C@H]1CCC[C@]2(C)C[C@H]3OC(=O)[C@H](CN4C[C@@H]5C[C@@H](C4)c4cccc(=O)n4C5)[C@H]3[C@@H]3O[C@@]132. The third-order valence-electron chi connectivity index (χ3n) is 10.2. The average Bonchev–Trinajstić information content (AvgIpc) is 3.43. The van der Waals surface area contributed by atoms with E-state index in [9.17, 15) is 9.59 Å². The Morgan fingerprint density at radius 2 is 2.06 bits per heavy atom. The van der Waals surface area contributed by atoms with E-state index in [1.54, 1.807) is 6.07 Å². The molecule has 7 rings (SSSR count). The molecule has 0 amide bonds. The third kappa shape index (κ3) is 2.48. The van der Waals surface area contributed by atoms with Crippen molar-refractivity contribution in [3.05, 3.63) is 34.2 Å². The maximum Gasteiger partial charge on any atom is 0.311 e. The average molecular weight is 439 g/mol. The highest BCUT2D eigenvalue weighted by atomic mass is 16.6. The van der Waals surface area contributed by atoms with Crippen LogP contribution in [0.5, 0.6) is 0 Å². The second kappa shape index (κ2) is 6.47. The van der Waals surface area contributed by atoms with E-state index in [2.05, 4.69) is 24.8 Å². The summed E-state index contributed by atoms with van der Waals surface area (Å²) >= 11 is 0. The number of pyridine rings is 1. The van der Waals surface area contributed by atoms with Crippen LogP contribution in [-0.2, 0) is 20.8 Å². The van der Waals surface area contributed by atoms with E-state index in [0.717, 1.165) is 39.0 Å². The van der Waals surface area contributed by atoms with E-state index in [-0.39, 0.29) is 46.6 Å². The standard InChI is InChI=1S/C26H34N2O4/c1-15-5-4-8-25(2)10-20-22(23-26(15,25)32-23)18(24(30)31-20)14-27-11-16-9-17(13-27)19-6-3-7-21(29)28(19)12-16/h3,6-7,15-18,20,22-23H,4-5,8-14H2,1-2H3/t15-,16-,17-,18+,20+,22+,23-,25+,26-/m0/s1. The number of piperidine rings is 1. The lowest BCUT2D eigenvalue weighted by Gasteiger charge is -2.49. The van der Waals surface area contributed by atoms with Gasteiger partial charge in [-0.3, -0.25) is 9.59 Å². The lowest BCUT2D eigenvalue weighted by atomic mass is 9.53. The molecule has 1 aromatic heterocycles. The summed E-state index contributed by atoms with van der Waals surface area (Å²) in [4.78, 5) is 27.9. The number of hydrogen-bond acceptors (Lipinski definition) is 5. The van der Waals surface area contributed by atoms with Gasteiger partial charge in [0.25, 0.3) is 5.56 Å². The van der Waals surface area contributed by atoms with Crippen LogP contribution >= 0.6 is 0 Å². The molecule has 0 aromatic carbocycles. The zero-order chi connectivity index (χ0) is 21.8. The van der Waals surface area contributed by atoms with Gasteiger partial charge in [-0.1, -0.05) is 26.3 Å². The fourth-order valence-electron chi connectivity index (χ4n) is 8.87. The first-order valence-electron chi connectivity index (χ1n) is 12.7. The summed E-state index contributed by atoms with van der Waals surface area (Å²) in [5, 5.41) is 0. The molecule has 0 N–H and O–H groups in total. The molecule has 0 unspecified atom stereocenters. The fraction of sp³-hybridized carbons (Fsp3) is 0.769. The highest BCUT2D eigenvalue weighted by Gasteiger charge is 2.78. The molecule has 9 atom stereocenters. The van der Waals surface area contributed by atoms with Gasteiger partial charge < -0.3 is 18.9 Å². The maximum absolute atomic E-state index is 13.1. The van der Waals surface area contributed by atoms with Crippen molar-refractivity contribution in [3.63, 3.8) is 0 Å². The van der Waals surface area contributed by atoms with Gasteiger partial charge in [-0.05, 0) is 43.6 Å². The van der Waals surface area contributed by atoms with Gasteiger partial charge in [0.2, 0.25) is 0 Å². The minimum Gasteiger partial charge on any atom is -0.462 e. The number of hydrogen-bond donors (Lipinski definition) is 0. The number of rotatable bonds is 2.